The van der Waals surface area contributed by atoms with Crippen LogP contribution in [0.4, 0.5) is 0 Å². The average Bonchev–Trinajstić information content (AvgIpc) is 2.52. The SMILES string of the molecule is COCCCOc1cc(C[C@H](COC)NC=O)ccc1OC. The van der Waals surface area contributed by atoms with Crippen LogP contribution in [0.15, 0.2) is 18.2 Å². The van der Waals surface area contributed by atoms with Crippen molar-refractivity contribution in [3.05, 3.63) is 23.8 Å². The Bertz CT molecular complexity index is 439. The van der Waals surface area contributed by atoms with Crippen LogP contribution in [0.2, 0.25) is 0 Å². The topological polar surface area (TPSA) is 66.0 Å². The van der Waals surface area contributed by atoms with E-state index < -0.39 is 0 Å². The van der Waals surface area contributed by atoms with Crippen LogP contribution in [0.5, 0.6) is 11.5 Å². The van der Waals surface area contributed by atoms with E-state index in [1.165, 1.54) is 0 Å². The zero-order valence-corrected chi connectivity index (χ0v) is 13.5. The van der Waals surface area contributed by atoms with Crippen molar-refractivity contribution in [3.8, 4) is 11.5 Å². The molecule has 0 unspecified atom stereocenters. The number of amides is 1. The van der Waals surface area contributed by atoms with Gasteiger partial charge in [-0.15, -0.1) is 0 Å². The fourth-order valence-corrected chi connectivity index (χ4v) is 2.09. The Morgan fingerprint density at radius 1 is 1.14 bits per heavy atom. The molecule has 0 fully saturated rings. The van der Waals surface area contributed by atoms with Gasteiger partial charge in [0, 0.05) is 27.2 Å². The van der Waals surface area contributed by atoms with Crippen molar-refractivity contribution in [1.82, 2.24) is 5.32 Å². The first-order valence-electron chi connectivity index (χ1n) is 7.22. The molecule has 1 N–H and O–H groups in total. The summed E-state index contributed by atoms with van der Waals surface area (Å²) in [5, 5.41) is 2.75. The van der Waals surface area contributed by atoms with Gasteiger partial charge in [0.05, 0.1) is 26.4 Å². The summed E-state index contributed by atoms with van der Waals surface area (Å²) in [6, 6.07) is 5.68. The summed E-state index contributed by atoms with van der Waals surface area (Å²) < 4.78 is 21.2. The number of hydrogen-bond donors (Lipinski definition) is 1. The van der Waals surface area contributed by atoms with Gasteiger partial charge in [-0.1, -0.05) is 6.07 Å². The molecule has 6 heteroatoms. The molecule has 124 valence electrons. The molecule has 1 rings (SSSR count). The molecule has 0 saturated heterocycles. The van der Waals surface area contributed by atoms with Crippen LogP contribution in [0, 0.1) is 0 Å². The number of carbonyl (C=O) groups is 1. The van der Waals surface area contributed by atoms with Crippen molar-refractivity contribution in [3.63, 3.8) is 0 Å². The monoisotopic (exact) mass is 311 g/mol. The number of methoxy groups -OCH3 is 3. The summed E-state index contributed by atoms with van der Waals surface area (Å²) in [7, 11) is 4.88. The third-order valence-corrected chi connectivity index (χ3v) is 3.13. The second kappa shape index (κ2) is 10.9. The third kappa shape index (κ3) is 6.32. The lowest BCUT2D eigenvalue weighted by atomic mass is 10.1. The van der Waals surface area contributed by atoms with Crippen LogP contribution in [-0.4, -0.2) is 53.6 Å². The molecular weight excluding hydrogens is 286 g/mol. The fourth-order valence-electron chi connectivity index (χ4n) is 2.09. The van der Waals surface area contributed by atoms with Gasteiger partial charge in [-0.2, -0.15) is 0 Å². The molecular formula is C16H25NO5. The Labute approximate surface area is 131 Å². The summed E-state index contributed by atoms with van der Waals surface area (Å²) in [6.07, 6.45) is 2.16. The van der Waals surface area contributed by atoms with Gasteiger partial charge < -0.3 is 24.3 Å². The van der Waals surface area contributed by atoms with Crippen molar-refractivity contribution in [2.45, 2.75) is 18.9 Å². The number of benzene rings is 1. The predicted octanol–water partition coefficient (Wildman–Crippen LogP) is 1.41. The van der Waals surface area contributed by atoms with E-state index in [1.54, 1.807) is 21.3 Å². The Hall–Kier alpha value is -1.79. The summed E-state index contributed by atoms with van der Waals surface area (Å²) >= 11 is 0. The fraction of sp³-hybridized carbons (Fsp3) is 0.562. The van der Waals surface area contributed by atoms with Crippen molar-refractivity contribution >= 4 is 6.41 Å². The predicted molar refractivity (Wildman–Crippen MR) is 83.5 cm³/mol. The second-order valence-corrected chi connectivity index (χ2v) is 4.82. The van der Waals surface area contributed by atoms with Gasteiger partial charge in [-0.05, 0) is 24.1 Å². The van der Waals surface area contributed by atoms with Crippen LogP contribution in [-0.2, 0) is 20.7 Å². The van der Waals surface area contributed by atoms with E-state index in [2.05, 4.69) is 5.32 Å². The Morgan fingerprint density at radius 3 is 2.59 bits per heavy atom. The lowest BCUT2D eigenvalue weighted by Gasteiger charge is -2.17. The highest BCUT2D eigenvalue weighted by Crippen LogP contribution is 2.28. The largest absolute Gasteiger partial charge is 0.493 e. The Balaban J connectivity index is 2.72. The van der Waals surface area contributed by atoms with E-state index in [9.17, 15) is 4.79 Å². The highest BCUT2D eigenvalue weighted by molar-refractivity contribution is 5.47. The van der Waals surface area contributed by atoms with Gasteiger partial charge >= 0.3 is 0 Å². The molecule has 0 aromatic heterocycles. The lowest BCUT2D eigenvalue weighted by Crippen LogP contribution is -2.34. The first kappa shape index (κ1) is 18.3. The minimum Gasteiger partial charge on any atom is -0.493 e. The normalized spacial score (nSPS) is 11.8. The zero-order chi connectivity index (χ0) is 16.2. The summed E-state index contributed by atoms with van der Waals surface area (Å²) in [4.78, 5) is 10.6. The average molecular weight is 311 g/mol. The smallest absolute Gasteiger partial charge is 0.207 e. The van der Waals surface area contributed by atoms with Crippen LogP contribution in [0.1, 0.15) is 12.0 Å². The van der Waals surface area contributed by atoms with Crippen molar-refractivity contribution < 1.29 is 23.7 Å². The molecule has 0 spiro atoms. The highest BCUT2D eigenvalue weighted by Gasteiger charge is 2.11. The van der Waals surface area contributed by atoms with E-state index in [1.807, 2.05) is 18.2 Å². The molecule has 6 nitrogen and oxygen atoms in total. The van der Waals surface area contributed by atoms with Gasteiger partial charge in [0.2, 0.25) is 6.41 Å². The maximum Gasteiger partial charge on any atom is 0.207 e. The van der Waals surface area contributed by atoms with Gasteiger partial charge in [0.1, 0.15) is 0 Å². The number of carbonyl (C=O) groups excluding carboxylic acids is 1. The molecule has 22 heavy (non-hydrogen) atoms. The van der Waals surface area contributed by atoms with Crippen LogP contribution >= 0.6 is 0 Å². The van der Waals surface area contributed by atoms with Crippen molar-refractivity contribution in [1.29, 1.82) is 0 Å². The lowest BCUT2D eigenvalue weighted by molar-refractivity contribution is -0.110. The molecule has 0 aliphatic heterocycles. The summed E-state index contributed by atoms with van der Waals surface area (Å²) in [5.41, 5.74) is 1.04. The number of ether oxygens (including phenoxy) is 4. The standard InChI is InChI=1S/C16H25NO5/c1-19-7-4-8-22-16-10-13(5-6-15(16)21-3)9-14(11-20-2)17-12-18/h5-6,10,12,14H,4,7-9,11H2,1-3H3,(H,17,18)/t14-/m1/s1. The molecule has 0 aliphatic carbocycles. The van der Waals surface area contributed by atoms with Crippen molar-refractivity contribution in [2.24, 2.45) is 0 Å². The number of rotatable bonds is 12. The maximum absolute atomic E-state index is 10.6. The van der Waals surface area contributed by atoms with Crippen LogP contribution in [0.3, 0.4) is 0 Å². The molecule has 0 saturated carbocycles. The van der Waals surface area contributed by atoms with E-state index in [-0.39, 0.29) is 6.04 Å². The Kier molecular flexibility index (Phi) is 9.02. The molecule has 1 atom stereocenters. The van der Waals surface area contributed by atoms with E-state index >= 15 is 0 Å². The molecule has 0 bridgehead atoms. The summed E-state index contributed by atoms with van der Waals surface area (Å²) in [5.74, 6) is 1.38. The van der Waals surface area contributed by atoms with Gasteiger partial charge in [0.15, 0.2) is 11.5 Å². The Morgan fingerprint density at radius 2 is 1.95 bits per heavy atom. The molecule has 1 amide bonds. The molecule has 1 aromatic carbocycles. The minimum atomic E-state index is -0.0720. The highest BCUT2D eigenvalue weighted by atomic mass is 16.5. The van der Waals surface area contributed by atoms with Gasteiger partial charge in [-0.3, -0.25) is 4.79 Å². The van der Waals surface area contributed by atoms with E-state index in [0.717, 1.165) is 12.0 Å². The molecule has 0 heterocycles. The van der Waals surface area contributed by atoms with Gasteiger partial charge in [0.25, 0.3) is 0 Å². The van der Waals surface area contributed by atoms with E-state index in [4.69, 9.17) is 18.9 Å². The third-order valence-electron chi connectivity index (χ3n) is 3.13. The summed E-state index contributed by atoms with van der Waals surface area (Å²) in [6.45, 7) is 1.66. The minimum absolute atomic E-state index is 0.0720. The van der Waals surface area contributed by atoms with Gasteiger partial charge in [-0.25, -0.2) is 0 Å². The maximum atomic E-state index is 10.6. The molecule has 0 aliphatic rings. The number of hydrogen-bond acceptors (Lipinski definition) is 5. The molecule has 1 aromatic rings. The molecule has 0 radical (unpaired) electrons. The van der Waals surface area contributed by atoms with E-state index in [0.29, 0.717) is 44.2 Å². The number of nitrogens with one attached hydrogen (secondary N) is 1. The zero-order valence-electron chi connectivity index (χ0n) is 13.5. The first-order valence-corrected chi connectivity index (χ1v) is 7.22. The van der Waals surface area contributed by atoms with Crippen molar-refractivity contribution in [2.75, 3.05) is 41.2 Å². The van der Waals surface area contributed by atoms with Crippen LogP contribution < -0.4 is 14.8 Å². The quantitative estimate of drug-likeness (QED) is 0.467. The first-order chi connectivity index (χ1) is 10.7. The van der Waals surface area contributed by atoms with Crippen LogP contribution in [0.25, 0.3) is 0 Å². The second-order valence-electron chi connectivity index (χ2n) is 4.82.